The number of amides is 1. The summed E-state index contributed by atoms with van der Waals surface area (Å²) in [7, 11) is 0. The fraction of sp³-hybridized carbons (Fsp3) is 0.105. The molecule has 6 heteroatoms. The van der Waals surface area contributed by atoms with E-state index in [0.29, 0.717) is 12.4 Å². The number of hydrogen-bond acceptors (Lipinski definition) is 5. The summed E-state index contributed by atoms with van der Waals surface area (Å²) in [6.45, 7) is 2.50. The molecule has 1 amide bonds. The van der Waals surface area contributed by atoms with Gasteiger partial charge in [-0.1, -0.05) is 30.3 Å². The number of benzene rings is 2. The summed E-state index contributed by atoms with van der Waals surface area (Å²) in [6.07, 6.45) is 1.30. The fourth-order valence-corrected chi connectivity index (χ4v) is 2.33. The number of rotatable bonds is 6. The van der Waals surface area contributed by atoms with E-state index in [1.807, 2.05) is 55.5 Å². The number of hydrogen-bond donors (Lipinski definition) is 2. The van der Waals surface area contributed by atoms with E-state index >= 15 is 0 Å². The highest BCUT2D eigenvalue weighted by atomic mass is 16.5. The summed E-state index contributed by atoms with van der Waals surface area (Å²) in [5.41, 5.74) is 7.50. The number of aromatic nitrogens is 2. The Labute approximate surface area is 145 Å². The Morgan fingerprint density at radius 1 is 1.12 bits per heavy atom. The molecule has 0 saturated heterocycles. The van der Waals surface area contributed by atoms with Crippen molar-refractivity contribution in [3.8, 4) is 11.5 Å². The molecule has 1 aromatic heterocycles. The Hall–Kier alpha value is -3.41. The van der Waals surface area contributed by atoms with E-state index in [4.69, 9.17) is 10.5 Å². The van der Waals surface area contributed by atoms with Gasteiger partial charge in [-0.2, -0.15) is 0 Å². The molecule has 0 radical (unpaired) electrons. The maximum Gasteiger partial charge on any atom is 0.267 e. The fourth-order valence-electron chi connectivity index (χ4n) is 2.33. The molecule has 0 spiro atoms. The van der Waals surface area contributed by atoms with Crippen molar-refractivity contribution in [2.45, 2.75) is 13.5 Å². The van der Waals surface area contributed by atoms with Crippen LogP contribution in [0.2, 0.25) is 0 Å². The molecule has 3 aromatic rings. The van der Waals surface area contributed by atoms with Gasteiger partial charge in [0.2, 0.25) is 0 Å². The van der Waals surface area contributed by atoms with Crippen LogP contribution in [0.5, 0.6) is 11.5 Å². The van der Waals surface area contributed by atoms with Crippen molar-refractivity contribution in [1.82, 2.24) is 9.97 Å². The molecule has 0 aliphatic rings. The van der Waals surface area contributed by atoms with Gasteiger partial charge < -0.3 is 15.8 Å². The molecule has 0 saturated carbocycles. The van der Waals surface area contributed by atoms with Crippen molar-refractivity contribution in [3.05, 3.63) is 77.7 Å². The molecule has 6 nitrogen and oxygen atoms in total. The maximum absolute atomic E-state index is 11.2. The molecule has 0 aliphatic heterocycles. The Kier molecular flexibility index (Phi) is 4.89. The van der Waals surface area contributed by atoms with Crippen LogP contribution in [0.15, 0.2) is 60.9 Å². The first kappa shape index (κ1) is 16.4. The topological polar surface area (TPSA) is 90.1 Å². The minimum absolute atomic E-state index is 0.168. The van der Waals surface area contributed by atoms with Gasteiger partial charge in [-0.15, -0.1) is 0 Å². The monoisotopic (exact) mass is 334 g/mol. The number of carbonyl (C=O) groups is 1. The third kappa shape index (κ3) is 4.32. The second-order valence-electron chi connectivity index (χ2n) is 5.53. The Morgan fingerprint density at radius 2 is 1.96 bits per heavy atom. The maximum atomic E-state index is 11.2. The average molecular weight is 334 g/mol. The van der Waals surface area contributed by atoms with Gasteiger partial charge in [0, 0.05) is 18.2 Å². The number of anilines is 1. The molecule has 0 atom stereocenters. The largest absolute Gasteiger partial charge is 0.457 e. The zero-order valence-electron chi connectivity index (χ0n) is 13.8. The Morgan fingerprint density at radius 3 is 2.76 bits per heavy atom. The van der Waals surface area contributed by atoms with E-state index in [1.54, 1.807) is 0 Å². The van der Waals surface area contributed by atoms with Crippen molar-refractivity contribution < 1.29 is 9.53 Å². The summed E-state index contributed by atoms with van der Waals surface area (Å²) in [6, 6.07) is 17.1. The van der Waals surface area contributed by atoms with Gasteiger partial charge in [0.1, 0.15) is 29.3 Å². The zero-order chi connectivity index (χ0) is 17.6. The summed E-state index contributed by atoms with van der Waals surface area (Å²) < 4.78 is 5.99. The number of nitrogens with two attached hydrogens (primary N) is 1. The van der Waals surface area contributed by atoms with Crippen LogP contribution < -0.4 is 15.8 Å². The molecule has 126 valence electrons. The average Bonchev–Trinajstić information content (AvgIpc) is 2.61. The van der Waals surface area contributed by atoms with Crippen LogP contribution in [-0.2, 0) is 6.54 Å². The first-order valence-corrected chi connectivity index (χ1v) is 7.80. The molecule has 3 N–H and O–H groups in total. The normalized spacial score (nSPS) is 10.3. The number of nitrogens with one attached hydrogen (secondary N) is 1. The van der Waals surface area contributed by atoms with Crippen LogP contribution in [-0.4, -0.2) is 15.9 Å². The first-order valence-electron chi connectivity index (χ1n) is 7.80. The lowest BCUT2D eigenvalue weighted by Crippen LogP contribution is -2.14. The lowest BCUT2D eigenvalue weighted by atomic mass is 10.2. The number of nitrogens with zero attached hydrogens (tertiary/aromatic N) is 2. The standard InChI is InChI=1S/C19H18N4O2/c1-13-5-4-7-15(9-13)25-17-8-3-2-6-14(17)11-21-18-10-16(19(20)24)22-12-23-18/h2-10,12H,11H2,1H3,(H2,20,24)(H,21,22,23). The second-order valence-corrected chi connectivity index (χ2v) is 5.53. The predicted octanol–water partition coefficient (Wildman–Crippen LogP) is 3.29. The van der Waals surface area contributed by atoms with E-state index in [1.165, 1.54) is 12.4 Å². The first-order chi connectivity index (χ1) is 12.1. The van der Waals surface area contributed by atoms with E-state index < -0.39 is 5.91 Å². The van der Waals surface area contributed by atoms with Crippen molar-refractivity contribution in [2.75, 3.05) is 5.32 Å². The number of primary amides is 1. The van der Waals surface area contributed by atoms with Crippen LogP contribution in [0.3, 0.4) is 0 Å². The lowest BCUT2D eigenvalue weighted by Gasteiger charge is -2.12. The smallest absolute Gasteiger partial charge is 0.267 e. The van der Waals surface area contributed by atoms with Gasteiger partial charge in [0.05, 0.1) is 0 Å². The quantitative estimate of drug-likeness (QED) is 0.722. The summed E-state index contributed by atoms with van der Waals surface area (Å²) in [5, 5.41) is 3.15. The van der Waals surface area contributed by atoms with Gasteiger partial charge in [0.15, 0.2) is 0 Å². The van der Waals surface area contributed by atoms with E-state index in [-0.39, 0.29) is 5.69 Å². The van der Waals surface area contributed by atoms with Gasteiger partial charge in [-0.3, -0.25) is 4.79 Å². The highest BCUT2D eigenvalue weighted by molar-refractivity contribution is 5.91. The molecular formula is C19H18N4O2. The number of para-hydroxylation sites is 1. The number of carbonyl (C=O) groups excluding carboxylic acids is 1. The van der Waals surface area contributed by atoms with Crippen molar-refractivity contribution in [1.29, 1.82) is 0 Å². The van der Waals surface area contributed by atoms with Crippen molar-refractivity contribution in [3.63, 3.8) is 0 Å². The van der Waals surface area contributed by atoms with Gasteiger partial charge in [-0.05, 0) is 30.7 Å². The van der Waals surface area contributed by atoms with Gasteiger partial charge in [0.25, 0.3) is 5.91 Å². The Bertz CT molecular complexity index is 896. The van der Waals surface area contributed by atoms with E-state index in [0.717, 1.165) is 22.6 Å². The lowest BCUT2D eigenvalue weighted by molar-refractivity contribution is 0.0995. The third-order valence-electron chi connectivity index (χ3n) is 3.57. The highest BCUT2D eigenvalue weighted by Gasteiger charge is 2.07. The molecule has 0 unspecified atom stereocenters. The van der Waals surface area contributed by atoms with Gasteiger partial charge in [-0.25, -0.2) is 9.97 Å². The third-order valence-corrected chi connectivity index (χ3v) is 3.57. The van der Waals surface area contributed by atoms with Gasteiger partial charge >= 0.3 is 0 Å². The molecular weight excluding hydrogens is 316 g/mol. The second kappa shape index (κ2) is 7.44. The van der Waals surface area contributed by atoms with Crippen molar-refractivity contribution >= 4 is 11.7 Å². The van der Waals surface area contributed by atoms with Crippen LogP contribution >= 0.6 is 0 Å². The Balaban J connectivity index is 1.75. The summed E-state index contributed by atoms with van der Waals surface area (Å²) in [5.74, 6) is 1.47. The van der Waals surface area contributed by atoms with Crippen LogP contribution in [0.25, 0.3) is 0 Å². The summed E-state index contributed by atoms with van der Waals surface area (Å²) >= 11 is 0. The SMILES string of the molecule is Cc1cccc(Oc2ccccc2CNc2cc(C(N)=O)ncn2)c1. The van der Waals surface area contributed by atoms with E-state index in [2.05, 4.69) is 15.3 Å². The molecule has 1 heterocycles. The number of ether oxygens (including phenoxy) is 1. The minimum atomic E-state index is -0.589. The minimum Gasteiger partial charge on any atom is -0.457 e. The molecule has 2 aromatic carbocycles. The predicted molar refractivity (Wildman–Crippen MR) is 95.6 cm³/mol. The van der Waals surface area contributed by atoms with E-state index in [9.17, 15) is 4.79 Å². The molecule has 25 heavy (non-hydrogen) atoms. The van der Waals surface area contributed by atoms with Crippen LogP contribution in [0.4, 0.5) is 5.82 Å². The summed E-state index contributed by atoms with van der Waals surface area (Å²) in [4.78, 5) is 19.1. The van der Waals surface area contributed by atoms with Crippen LogP contribution in [0.1, 0.15) is 21.6 Å². The molecule has 3 rings (SSSR count). The molecule has 0 bridgehead atoms. The highest BCUT2D eigenvalue weighted by Crippen LogP contribution is 2.26. The molecule has 0 fully saturated rings. The zero-order valence-corrected chi connectivity index (χ0v) is 13.8. The van der Waals surface area contributed by atoms with Crippen molar-refractivity contribution in [2.24, 2.45) is 5.73 Å². The number of aryl methyl sites for hydroxylation is 1. The molecule has 0 aliphatic carbocycles. The van der Waals surface area contributed by atoms with Crippen LogP contribution in [0, 0.1) is 6.92 Å².